The van der Waals surface area contributed by atoms with E-state index < -0.39 is 5.60 Å². The van der Waals surface area contributed by atoms with Crippen molar-refractivity contribution in [2.24, 2.45) is 17.8 Å². The van der Waals surface area contributed by atoms with Crippen molar-refractivity contribution in [3.05, 3.63) is 0 Å². The van der Waals surface area contributed by atoms with Crippen LogP contribution in [0.15, 0.2) is 0 Å². The first-order valence-corrected chi connectivity index (χ1v) is 6.68. The molecular formula is C14H27NO2. The molecule has 0 aromatic heterocycles. The van der Waals surface area contributed by atoms with Crippen LogP contribution >= 0.6 is 0 Å². The molecule has 17 heavy (non-hydrogen) atoms. The summed E-state index contributed by atoms with van der Waals surface area (Å²) in [5.41, 5.74) is -0.416. The van der Waals surface area contributed by atoms with Gasteiger partial charge in [0, 0.05) is 6.04 Å². The number of hydrogen-bond donors (Lipinski definition) is 1. The highest BCUT2D eigenvalue weighted by Gasteiger charge is 2.32. The van der Waals surface area contributed by atoms with Gasteiger partial charge in [-0.25, -0.2) is 4.79 Å². The molecule has 1 rings (SSSR count). The normalized spacial score (nSPS) is 34.2. The summed E-state index contributed by atoms with van der Waals surface area (Å²) in [6, 6.07) is 0.260. The summed E-state index contributed by atoms with van der Waals surface area (Å²) in [5.74, 6) is 1.96. The maximum Gasteiger partial charge on any atom is 0.407 e. The van der Waals surface area contributed by atoms with E-state index in [0.717, 1.165) is 12.3 Å². The van der Waals surface area contributed by atoms with Gasteiger partial charge in [0.05, 0.1) is 0 Å². The van der Waals surface area contributed by atoms with Gasteiger partial charge in [-0.15, -0.1) is 0 Å². The minimum atomic E-state index is -0.416. The first-order valence-electron chi connectivity index (χ1n) is 6.68. The molecule has 0 heterocycles. The molecule has 0 bridgehead atoms. The smallest absolute Gasteiger partial charge is 0.407 e. The first-order chi connectivity index (χ1) is 7.69. The minimum absolute atomic E-state index is 0.260. The Bertz CT molecular complexity index is 270. The molecule has 0 aromatic carbocycles. The van der Waals surface area contributed by atoms with Crippen molar-refractivity contribution < 1.29 is 9.53 Å². The van der Waals surface area contributed by atoms with E-state index in [0.29, 0.717) is 11.8 Å². The van der Waals surface area contributed by atoms with Crippen LogP contribution in [0.3, 0.4) is 0 Å². The number of hydrogen-bond acceptors (Lipinski definition) is 2. The lowest BCUT2D eigenvalue weighted by atomic mass is 9.73. The molecule has 0 aliphatic heterocycles. The van der Waals surface area contributed by atoms with E-state index >= 15 is 0 Å². The van der Waals surface area contributed by atoms with E-state index in [4.69, 9.17) is 4.74 Å². The van der Waals surface area contributed by atoms with Crippen LogP contribution < -0.4 is 5.32 Å². The van der Waals surface area contributed by atoms with Crippen LogP contribution in [0, 0.1) is 17.8 Å². The van der Waals surface area contributed by atoms with Gasteiger partial charge in [0.1, 0.15) is 5.60 Å². The van der Waals surface area contributed by atoms with Gasteiger partial charge in [-0.3, -0.25) is 0 Å². The second kappa shape index (κ2) is 5.28. The second-order valence-electron chi connectivity index (χ2n) is 6.66. The van der Waals surface area contributed by atoms with Crippen molar-refractivity contribution in [3.8, 4) is 0 Å². The van der Waals surface area contributed by atoms with Gasteiger partial charge in [0.2, 0.25) is 0 Å². The Kier molecular flexibility index (Phi) is 4.45. The van der Waals surface area contributed by atoms with Crippen LogP contribution in [-0.2, 0) is 4.74 Å². The standard InChI is InChI=1S/C14H27NO2/c1-9-7-11(3)12(8-10(9)2)15-13(16)17-14(4,5)6/h9-12H,7-8H2,1-6H3,(H,15,16)/t9-,10+,11+,12+/m1/s1. The molecule has 4 atom stereocenters. The molecule has 3 nitrogen and oxygen atoms in total. The highest BCUT2D eigenvalue weighted by Crippen LogP contribution is 2.33. The predicted molar refractivity (Wildman–Crippen MR) is 69.9 cm³/mol. The summed E-state index contributed by atoms with van der Waals surface area (Å²) >= 11 is 0. The van der Waals surface area contributed by atoms with Gasteiger partial charge in [-0.1, -0.05) is 20.8 Å². The van der Waals surface area contributed by atoms with Crippen molar-refractivity contribution in [3.63, 3.8) is 0 Å². The van der Waals surface area contributed by atoms with Crippen molar-refractivity contribution in [2.45, 2.75) is 66.0 Å². The fraction of sp³-hybridized carbons (Fsp3) is 0.929. The SMILES string of the molecule is C[C@@H]1C[C@H](C)[C@@H](NC(=O)OC(C)(C)C)C[C@@H]1C. The molecule has 0 saturated heterocycles. The van der Waals surface area contributed by atoms with Crippen molar-refractivity contribution in [1.82, 2.24) is 5.32 Å². The third kappa shape index (κ3) is 4.57. The van der Waals surface area contributed by atoms with Crippen LogP contribution in [-0.4, -0.2) is 17.7 Å². The second-order valence-corrected chi connectivity index (χ2v) is 6.66. The molecule has 1 N–H and O–H groups in total. The van der Waals surface area contributed by atoms with Crippen LogP contribution in [0.5, 0.6) is 0 Å². The summed E-state index contributed by atoms with van der Waals surface area (Å²) in [7, 11) is 0. The first kappa shape index (κ1) is 14.3. The molecule has 100 valence electrons. The van der Waals surface area contributed by atoms with Gasteiger partial charge in [-0.2, -0.15) is 0 Å². The Morgan fingerprint density at radius 3 is 2.12 bits per heavy atom. The molecule has 1 amide bonds. The van der Waals surface area contributed by atoms with E-state index in [1.165, 1.54) is 6.42 Å². The number of nitrogens with one attached hydrogen (secondary N) is 1. The minimum Gasteiger partial charge on any atom is -0.444 e. The zero-order valence-electron chi connectivity index (χ0n) is 12.0. The number of ether oxygens (including phenoxy) is 1. The number of carbonyl (C=O) groups is 1. The van der Waals surface area contributed by atoms with Crippen LogP contribution in [0.4, 0.5) is 4.79 Å². The van der Waals surface area contributed by atoms with E-state index in [1.807, 2.05) is 20.8 Å². The van der Waals surface area contributed by atoms with Gasteiger partial charge in [0.25, 0.3) is 0 Å². The highest BCUT2D eigenvalue weighted by molar-refractivity contribution is 5.68. The fourth-order valence-corrected chi connectivity index (χ4v) is 2.51. The molecule has 1 aliphatic rings. The molecule has 1 fully saturated rings. The Hall–Kier alpha value is -0.730. The van der Waals surface area contributed by atoms with Crippen molar-refractivity contribution >= 4 is 6.09 Å². The fourth-order valence-electron chi connectivity index (χ4n) is 2.51. The van der Waals surface area contributed by atoms with E-state index in [9.17, 15) is 4.79 Å². The third-order valence-electron chi connectivity index (χ3n) is 3.73. The Labute approximate surface area is 105 Å². The molecule has 1 saturated carbocycles. The summed E-state index contributed by atoms with van der Waals surface area (Å²) in [6.07, 6.45) is 1.96. The summed E-state index contributed by atoms with van der Waals surface area (Å²) < 4.78 is 5.30. The Morgan fingerprint density at radius 1 is 1.06 bits per heavy atom. The van der Waals surface area contributed by atoms with Gasteiger partial charge >= 0.3 is 6.09 Å². The average molecular weight is 241 g/mol. The predicted octanol–water partition coefficient (Wildman–Crippen LogP) is 3.58. The van der Waals surface area contributed by atoms with Crippen LogP contribution in [0.2, 0.25) is 0 Å². The monoisotopic (exact) mass is 241 g/mol. The molecular weight excluding hydrogens is 214 g/mol. The lowest BCUT2D eigenvalue weighted by Gasteiger charge is -2.37. The molecule has 0 spiro atoms. The Morgan fingerprint density at radius 2 is 1.59 bits per heavy atom. The van der Waals surface area contributed by atoms with Crippen molar-refractivity contribution in [1.29, 1.82) is 0 Å². The molecule has 0 unspecified atom stereocenters. The molecule has 3 heteroatoms. The van der Waals surface area contributed by atoms with Gasteiger partial charge < -0.3 is 10.1 Å². The van der Waals surface area contributed by atoms with Gasteiger partial charge in [-0.05, 0) is 51.4 Å². The largest absolute Gasteiger partial charge is 0.444 e. The topological polar surface area (TPSA) is 38.3 Å². The number of alkyl carbamates (subject to hydrolysis) is 1. The van der Waals surface area contributed by atoms with E-state index in [1.54, 1.807) is 0 Å². The quantitative estimate of drug-likeness (QED) is 0.762. The van der Waals surface area contributed by atoms with E-state index in [-0.39, 0.29) is 12.1 Å². The molecule has 1 aliphatic carbocycles. The summed E-state index contributed by atoms with van der Waals surface area (Å²) in [4.78, 5) is 11.7. The maximum absolute atomic E-state index is 11.7. The lowest BCUT2D eigenvalue weighted by molar-refractivity contribution is 0.0442. The van der Waals surface area contributed by atoms with Crippen molar-refractivity contribution in [2.75, 3.05) is 0 Å². The number of rotatable bonds is 1. The molecule has 0 radical (unpaired) electrons. The zero-order chi connectivity index (χ0) is 13.2. The number of carbonyl (C=O) groups excluding carboxylic acids is 1. The summed E-state index contributed by atoms with van der Waals surface area (Å²) in [6.45, 7) is 12.4. The zero-order valence-corrected chi connectivity index (χ0v) is 12.0. The van der Waals surface area contributed by atoms with E-state index in [2.05, 4.69) is 26.1 Å². The van der Waals surface area contributed by atoms with Crippen LogP contribution in [0.1, 0.15) is 54.4 Å². The third-order valence-corrected chi connectivity index (χ3v) is 3.73. The average Bonchev–Trinajstić information content (AvgIpc) is 2.11. The Balaban J connectivity index is 2.48. The van der Waals surface area contributed by atoms with Crippen LogP contribution in [0.25, 0.3) is 0 Å². The number of amides is 1. The molecule has 0 aromatic rings. The maximum atomic E-state index is 11.7. The highest BCUT2D eigenvalue weighted by atomic mass is 16.6. The lowest BCUT2D eigenvalue weighted by Crippen LogP contribution is -2.46. The summed E-state index contributed by atoms with van der Waals surface area (Å²) in [5, 5.41) is 3.01. The van der Waals surface area contributed by atoms with Gasteiger partial charge in [0.15, 0.2) is 0 Å².